The minimum Gasteiger partial charge on any atom is -0.391 e. The van der Waals surface area contributed by atoms with E-state index in [1.165, 1.54) is 6.42 Å². The van der Waals surface area contributed by atoms with Crippen molar-refractivity contribution in [3.63, 3.8) is 0 Å². The maximum atomic E-state index is 12.6. The minimum atomic E-state index is -0.194. The van der Waals surface area contributed by atoms with Gasteiger partial charge in [0.05, 0.1) is 6.10 Å². The van der Waals surface area contributed by atoms with Gasteiger partial charge in [0.2, 0.25) is 5.91 Å². The van der Waals surface area contributed by atoms with Gasteiger partial charge in [-0.2, -0.15) is 0 Å². The summed E-state index contributed by atoms with van der Waals surface area (Å²) in [5.41, 5.74) is 2.51. The topological polar surface area (TPSA) is 81.7 Å². The lowest BCUT2D eigenvalue weighted by Gasteiger charge is -2.41. The molecule has 0 aromatic heterocycles. The van der Waals surface area contributed by atoms with Gasteiger partial charge in [-0.15, -0.1) is 0 Å². The Hall–Kier alpha value is -1.92. The molecule has 1 saturated heterocycles. The summed E-state index contributed by atoms with van der Waals surface area (Å²) in [5.74, 6) is 0.000367. The van der Waals surface area contributed by atoms with Gasteiger partial charge in [0.25, 0.3) is 5.91 Å². The highest BCUT2D eigenvalue weighted by Crippen LogP contribution is 2.26. The number of aryl methyl sites for hydroxylation is 1. The van der Waals surface area contributed by atoms with E-state index in [0.717, 1.165) is 56.4 Å². The van der Waals surface area contributed by atoms with Gasteiger partial charge in [-0.05, 0) is 55.9 Å². The number of hydrogen-bond acceptors (Lipinski definition) is 4. The van der Waals surface area contributed by atoms with Crippen LogP contribution in [0.15, 0.2) is 18.2 Å². The SMILES string of the molecule is O=C1CCc2cc(C(=O)NC3CCN(C4CCCCC4O)CC3)ccc2N1. The lowest BCUT2D eigenvalue weighted by Crippen LogP contribution is -2.52. The van der Waals surface area contributed by atoms with Crippen molar-refractivity contribution in [1.29, 1.82) is 0 Å². The zero-order chi connectivity index (χ0) is 18.8. The Labute approximate surface area is 160 Å². The molecule has 0 bridgehead atoms. The Bertz CT molecular complexity index is 713. The van der Waals surface area contributed by atoms with Crippen molar-refractivity contribution in [3.8, 4) is 0 Å². The second-order valence-electron chi connectivity index (χ2n) is 8.12. The molecule has 2 heterocycles. The van der Waals surface area contributed by atoms with Gasteiger partial charge in [0, 0.05) is 42.8 Å². The third-order valence-electron chi connectivity index (χ3n) is 6.29. The summed E-state index contributed by atoms with van der Waals surface area (Å²) < 4.78 is 0. The molecule has 1 aromatic rings. The van der Waals surface area contributed by atoms with Crippen molar-refractivity contribution in [3.05, 3.63) is 29.3 Å². The van der Waals surface area contributed by atoms with Gasteiger partial charge < -0.3 is 15.7 Å². The highest BCUT2D eigenvalue weighted by molar-refractivity contribution is 5.98. The smallest absolute Gasteiger partial charge is 0.251 e. The molecule has 0 radical (unpaired) electrons. The maximum absolute atomic E-state index is 12.6. The zero-order valence-corrected chi connectivity index (χ0v) is 15.7. The number of aliphatic hydroxyl groups is 1. The van der Waals surface area contributed by atoms with E-state index in [-0.39, 0.29) is 24.0 Å². The van der Waals surface area contributed by atoms with Crippen molar-refractivity contribution < 1.29 is 14.7 Å². The summed E-state index contributed by atoms with van der Waals surface area (Å²) in [6, 6.07) is 6.00. The van der Waals surface area contributed by atoms with Crippen molar-refractivity contribution in [2.24, 2.45) is 0 Å². The molecule has 1 aromatic carbocycles. The number of anilines is 1. The Morgan fingerprint density at radius 2 is 1.89 bits per heavy atom. The quantitative estimate of drug-likeness (QED) is 0.760. The van der Waals surface area contributed by atoms with Crippen LogP contribution in [0.4, 0.5) is 5.69 Å². The normalized spacial score (nSPS) is 26.9. The average molecular weight is 371 g/mol. The van der Waals surface area contributed by atoms with Crippen molar-refractivity contribution in [1.82, 2.24) is 10.2 Å². The first-order valence-corrected chi connectivity index (χ1v) is 10.3. The highest BCUT2D eigenvalue weighted by atomic mass is 16.3. The van der Waals surface area contributed by atoms with Crippen LogP contribution in [0.3, 0.4) is 0 Å². The van der Waals surface area contributed by atoms with Crippen LogP contribution in [0, 0.1) is 0 Å². The number of carbonyl (C=O) groups excluding carboxylic acids is 2. The number of piperidine rings is 1. The van der Waals surface area contributed by atoms with Gasteiger partial charge in [0.15, 0.2) is 0 Å². The average Bonchev–Trinajstić information content (AvgIpc) is 2.68. The first kappa shape index (κ1) is 18.4. The van der Waals surface area contributed by atoms with Gasteiger partial charge in [-0.25, -0.2) is 0 Å². The molecule has 6 heteroatoms. The summed E-state index contributed by atoms with van der Waals surface area (Å²) in [5, 5.41) is 16.3. The first-order valence-electron chi connectivity index (χ1n) is 10.3. The third kappa shape index (κ3) is 4.17. The first-order chi connectivity index (χ1) is 13.1. The molecular formula is C21H29N3O3. The molecule has 2 amide bonds. The molecular weight excluding hydrogens is 342 g/mol. The molecule has 4 rings (SSSR count). The van der Waals surface area contributed by atoms with Crippen LogP contribution < -0.4 is 10.6 Å². The fourth-order valence-electron chi connectivity index (χ4n) is 4.69. The van der Waals surface area contributed by atoms with Crippen molar-refractivity contribution in [2.45, 2.75) is 69.6 Å². The summed E-state index contributed by atoms with van der Waals surface area (Å²) in [7, 11) is 0. The van der Waals surface area contributed by atoms with Crippen LogP contribution in [0.1, 0.15) is 60.9 Å². The molecule has 2 aliphatic heterocycles. The van der Waals surface area contributed by atoms with E-state index in [1.807, 2.05) is 12.1 Å². The number of hydrogen-bond donors (Lipinski definition) is 3. The molecule has 0 spiro atoms. The van der Waals surface area contributed by atoms with Crippen molar-refractivity contribution >= 4 is 17.5 Å². The number of carbonyl (C=O) groups is 2. The number of nitrogens with one attached hydrogen (secondary N) is 2. The van der Waals surface area contributed by atoms with E-state index in [0.29, 0.717) is 24.4 Å². The predicted molar refractivity (Wildman–Crippen MR) is 104 cm³/mol. The van der Waals surface area contributed by atoms with E-state index in [1.54, 1.807) is 6.07 Å². The summed E-state index contributed by atoms with van der Waals surface area (Å²) in [6.07, 6.45) is 7.16. The number of amides is 2. The van der Waals surface area contributed by atoms with Gasteiger partial charge in [-0.1, -0.05) is 12.8 Å². The maximum Gasteiger partial charge on any atom is 0.251 e. The highest BCUT2D eigenvalue weighted by Gasteiger charge is 2.31. The second kappa shape index (κ2) is 7.98. The number of aliphatic hydroxyl groups excluding tert-OH is 1. The molecule has 2 unspecified atom stereocenters. The molecule has 2 fully saturated rings. The Kier molecular flexibility index (Phi) is 5.45. The Balaban J connectivity index is 1.31. The Morgan fingerprint density at radius 3 is 2.67 bits per heavy atom. The van der Waals surface area contributed by atoms with E-state index in [2.05, 4.69) is 15.5 Å². The molecule has 6 nitrogen and oxygen atoms in total. The standard InChI is InChI=1S/C21H29N3O3/c25-19-4-2-1-3-18(19)24-11-9-16(10-12-24)22-21(27)15-5-7-17-14(13-15)6-8-20(26)23-17/h5,7,13,16,18-19,25H,1-4,6,8-12H2,(H,22,27)(H,23,26). The summed E-state index contributed by atoms with van der Waals surface area (Å²) >= 11 is 0. The molecule has 3 N–H and O–H groups in total. The number of benzene rings is 1. The number of fused-ring (bicyclic) bond motifs is 1. The zero-order valence-electron chi connectivity index (χ0n) is 15.7. The van der Waals surface area contributed by atoms with Crippen LogP contribution in [-0.4, -0.2) is 53.1 Å². The van der Waals surface area contributed by atoms with Crippen LogP contribution in [-0.2, 0) is 11.2 Å². The monoisotopic (exact) mass is 371 g/mol. The van der Waals surface area contributed by atoms with E-state index >= 15 is 0 Å². The number of rotatable bonds is 3. The summed E-state index contributed by atoms with van der Waals surface area (Å²) in [4.78, 5) is 26.5. The van der Waals surface area contributed by atoms with Crippen LogP contribution >= 0.6 is 0 Å². The van der Waals surface area contributed by atoms with Crippen LogP contribution in [0.5, 0.6) is 0 Å². The van der Waals surface area contributed by atoms with Gasteiger partial charge >= 0.3 is 0 Å². The Morgan fingerprint density at radius 1 is 1.11 bits per heavy atom. The second-order valence-corrected chi connectivity index (χ2v) is 8.12. The molecule has 1 aliphatic carbocycles. The van der Waals surface area contributed by atoms with Gasteiger partial charge in [0.1, 0.15) is 0 Å². The lowest BCUT2D eigenvalue weighted by molar-refractivity contribution is -0.116. The van der Waals surface area contributed by atoms with E-state index in [9.17, 15) is 14.7 Å². The minimum absolute atomic E-state index is 0.0362. The fourth-order valence-corrected chi connectivity index (χ4v) is 4.69. The fraction of sp³-hybridized carbons (Fsp3) is 0.619. The molecule has 146 valence electrons. The van der Waals surface area contributed by atoms with E-state index in [4.69, 9.17) is 0 Å². The van der Waals surface area contributed by atoms with E-state index < -0.39 is 0 Å². The van der Waals surface area contributed by atoms with Crippen molar-refractivity contribution in [2.75, 3.05) is 18.4 Å². The van der Waals surface area contributed by atoms with Gasteiger partial charge in [-0.3, -0.25) is 14.5 Å². The molecule has 27 heavy (non-hydrogen) atoms. The lowest BCUT2D eigenvalue weighted by atomic mass is 9.89. The predicted octanol–water partition coefficient (Wildman–Crippen LogP) is 2.07. The molecule has 2 atom stereocenters. The number of nitrogens with zero attached hydrogens (tertiary/aromatic N) is 1. The largest absolute Gasteiger partial charge is 0.391 e. The summed E-state index contributed by atoms with van der Waals surface area (Å²) in [6.45, 7) is 1.87. The van der Waals surface area contributed by atoms with Crippen LogP contribution in [0.2, 0.25) is 0 Å². The third-order valence-corrected chi connectivity index (χ3v) is 6.29. The molecule has 3 aliphatic rings. The molecule has 1 saturated carbocycles. The number of likely N-dealkylation sites (tertiary alicyclic amines) is 1. The van der Waals surface area contributed by atoms with Crippen LogP contribution in [0.25, 0.3) is 0 Å².